The highest BCUT2D eigenvalue weighted by Gasteiger charge is 2.27. The minimum Gasteiger partial charge on any atom is -0.351 e. The lowest BCUT2D eigenvalue weighted by Crippen LogP contribution is -2.27. The fourth-order valence-corrected chi connectivity index (χ4v) is 3.75. The van der Waals surface area contributed by atoms with E-state index in [4.69, 9.17) is 0 Å². The monoisotopic (exact) mass is 385 g/mol. The second kappa shape index (κ2) is 8.12. The molecule has 2 aromatic rings. The maximum Gasteiger partial charge on any atom is 0.253 e. The van der Waals surface area contributed by atoms with Crippen LogP contribution < -0.4 is 5.32 Å². The van der Waals surface area contributed by atoms with Crippen LogP contribution in [0.2, 0.25) is 0 Å². The lowest BCUT2D eigenvalue weighted by atomic mass is 10.1. The van der Waals surface area contributed by atoms with E-state index in [1.54, 1.807) is 0 Å². The van der Waals surface area contributed by atoms with Crippen molar-refractivity contribution in [3.63, 3.8) is 0 Å². The lowest BCUT2D eigenvalue weighted by molar-refractivity contribution is -0.118. The predicted octanol–water partition coefficient (Wildman–Crippen LogP) is 2.33. The van der Waals surface area contributed by atoms with Crippen molar-refractivity contribution in [2.24, 2.45) is 0 Å². The average Bonchev–Trinajstić information content (AvgIpc) is 3.20. The van der Waals surface area contributed by atoms with E-state index in [9.17, 15) is 9.59 Å². The topological polar surface area (TPSA) is 91.0 Å². The molecule has 27 heavy (non-hydrogen) atoms. The van der Waals surface area contributed by atoms with Crippen molar-refractivity contribution in [2.75, 3.05) is 18.8 Å². The Labute approximate surface area is 162 Å². The Morgan fingerprint density at radius 3 is 2.63 bits per heavy atom. The van der Waals surface area contributed by atoms with Gasteiger partial charge in [-0.2, -0.15) is 0 Å². The second-order valence-corrected chi connectivity index (χ2v) is 7.98. The molecule has 0 spiro atoms. The van der Waals surface area contributed by atoms with Crippen molar-refractivity contribution in [3.05, 3.63) is 41.2 Å². The number of thioether (sulfide) groups is 1. The number of nitrogens with zero attached hydrogens (tertiary/aromatic N) is 3. The first-order valence-corrected chi connectivity index (χ1v) is 10.4. The Morgan fingerprint density at radius 1 is 1.19 bits per heavy atom. The standard InChI is InChI=1S/C19H23N5O2S/c25-16(12-27-19-21-17(22-23-19)14-7-8-14)20-11-13-3-5-15(6-4-13)18(26)24-9-1-2-10-24/h3-6,14H,1-2,7-12H2,(H,20,25)(H,21,22,23). The van der Waals surface area contributed by atoms with Crippen LogP contribution in [0.3, 0.4) is 0 Å². The molecule has 4 rings (SSSR count). The van der Waals surface area contributed by atoms with Gasteiger partial charge in [-0.15, -0.1) is 5.10 Å². The van der Waals surface area contributed by atoms with Crippen LogP contribution >= 0.6 is 11.8 Å². The lowest BCUT2D eigenvalue weighted by Gasteiger charge is -2.15. The summed E-state index contributed by atoms with van der Waals surface area (Å²) in [6.07, 6.45) is 4.51. The molecular formula is C19H23N5O2S. The van der Waals surface area contributed by atoms with Crippen LogP contribution in [0, 0.1) is 0 Å². The normalized spacial score (nSPS) is 16.5. The molecule has 0 radical (unpaired) electrons. The minimum absolute atomic E-state index is 0.0602. The third kappa shape index (κ3) is 4.68. The summed E-state index contributed by atoms with van der Waals surface area (Å²) >= 11 is 1.33. The van der Waals surface area contributed by atoms with E-state index in [0.717, 1.165) is 37.3 Å². The molecule has 1 aliphatic carbocycles. The Morgan fingerprint density at radius 2 is 1.93 bits per heavy atom. The van der Waals surface area contributed by atoms with Crippen LogP contribution in [0.15, 0.2) is 29.4 Å². The van der Waals surface area contributed by atoms with Gasteiger partial charge in [0.25, 0.3) is 5.91 Å². The summed E-state index contributed by atoms with van der Waals surface area (Å²) in [5, 5.41) is 10.6. The van der Waals surface area contributed by atoms with Crippen molar-refractivity contribution in [3.8, 4) is 0 Å². The third-order valence-corrected chi connectivity index (χ3v) is 5.71. The predicted molar refractivity (Wildman–Crippen MR) is 103 cm³/mol. The zero-order chi connectivity index (χ0) is 18.6. The summed E-state index contributed by atoms with van der Waals surface area (Å²) in [6, 6.07) is 7.47. The number of aromatic amines is 1. The fraction of sp³-hybridized carbons (Fsp3) is 0.474. The molecule has 2 heterocycles. The first-order valence-electron chi connectivity index (χ1n) is 9.39. The number of hydrogen-bond donors (Lipinski definition) is 2. The smallest absolute Gasteiger partial charge is 0.253 e. The summed E-state index contributed by atoms with van der Waals surface area (Å²) in [5.74, 6) is 1.78. The Kier molecular flexibility index (Phi) is 5.42. The van der Waals surface area contributed by atoms with Crippen LogP contribution in [0.25, 0.3) is 0 Å². The molecule has 1 saturated heterocycles. The van der Waals surface area contributed by atoms with Gasteiger partial charge in [-0.25, -0.2) is 4.98 Å². The van der Waals surface area contributed by atoms with Gasteiger partial charge in [0.15, 0.2) is 0 Å². The molecule has 0 atom stereocenters. The molecule has 2 amide bonds. The zero-order valence-corrected chi connectivity index (χ0v) is 15.9. The number of likely N-dealkylation sites (tertiary alicyclic amines) is 1. The summed E-state index contributed by atoms with van der Waals surface area (Å²) in [7, 11) is 0. The minimum atomic E-state index is -0.0602. The number of carbonyl (C=O) groups is 2. The molecule has 1 aromatic carbocycles. The van der Waals surface area contributed by atoms with Gasteiger partial charge in [0, 0.05) is 31.1 Å². The summed E-state index contributed by atoms with van der Waals surface area (Å²) in [5.41, 5.74) is 1.68. The van der Waals surface area contributed by atoms with Gasteiger partial charge in [-0.1, -0.05) is 23.9 Å². The molecule has 2 fully saturated rings. The van der Waals surface area contributed by atoms with Crippen LogP contribution in [0.4, 0.5) is 0 Å². The van der Waals surface area contributed by atoms with Crippen LogP contribution in [0.5, 0.6) is 0 Å². The molecule has 0 unspecified atom stereocenters. The summed E-state index contributed by atoms with van der Waals surface area (Å²) < 4.78 is 0. The average molecular weight is 385 g/mol. The van der Waals surface area contributed by atoms with E-state index >= 15 is 0 Å². The zero-order valence-electron chi connectivity index (χ0n) is 15.1. The molecule has 8 heteroatoms. The third-order valence-electron chi connectivity index (χ3n) is 4.86. The van der Waals surface area contributed by atoms with Crippen molar-refractivity contribution in [1.82, 2.24) is 25.4 Å². The number of amides is 2. The van der Waals surface area contributed by atoms with E-state index in [-0.39, 0.29) is 17.6 Å². The number of rotatable bonds is 7. The SMILES string of the molecule is O=C(CSc1n[nH]c(C2CC2)n1)NCc1ccc(C(=O)N2CCCC2)cc1. The van der Waals surface area contributed by atoms with Crippen molar-refractivity contribution >= 4 is 23.6 Å². The van der Waals surface area contributed by atoms with Gasteiger partial charge >= 0.3 is 0 Å². The fourth-order valence-electron chi connectivity index (χ4n) is 3.11. The Balaban J connectivity index is 1.21. The molecule has 2 aliphatic rings. The number of benzene rings is 1. The first kappa shape index (κ1) is 18.0. The van der Waals surface area contributed by atoms with E-state index in [0.29, 0.717) is 23.2 Å². The van der Waals surface area contributed by atoms with E-state index < -0.39 is 0 Å². The number of carbonyl (C=O) groups excluding carboxylic acids is 2. The maximum absolute atomic E-state index is 12.3. The Hall–Kier alpha value is -2.35. The highest BCUT2D eigenvalue weighted by molar-refractivity contribution is 7.99. The quantitative estimate of drug-likeness (QED) is 0.714. The van der Waals surface area contributed by atoms with E-state index in [1.165, 1.54) is 24.6 Å². The van der Waals surface area contributed by atoms with Crippen LogP contribution in [-0.4, -0.2) is 50.7 Å². The molecule has 1 aromatic heterocycles. The van der Waals surface area contributed by atoms with Gasteiger partial charge in [0.1, 0.15) is 5.82 Å². The highest BCUT2D eigenvalue weighted by atomic mass is 32.2. The molecule has 1 aliphatic heterocycles. The molecular weight excluding hydrogens is 362 g/mol. The van der Waals surface area contributed by atoms with Gasteiger partial charge < -0.3 is 10.2 Å². The largest absolute Gasteiger partial charge is 0.351 e. The van der Waals surface area contributed by atoms with Crippen LogP contribution in [-0.2, 0) is 11.3 Å². The maximum atomic E-state index is 12.3. The second-order valence-electron chi connectivity index (χ2n) is 7.04. The number of nitrogens with one attached hydrogen (secondary N) is 2. The number of aromatic nitrogens is 3. The molecule has 142 valence electrons. The first-order chi connectivity index (χ1) is 13.2. The van der Waals surface area contributed by atoms with Gasteiger partial charge in [0.2, 0.25) is 11.1 Å². The molecule has 1 saturated carbocycles. The summed E-state index contributed by atoms with van der Waals surface area (Å²) in [6.45, 7) is 2.14. The van der Waals surface area contributed by atoms with Gasteiger partial charge in [-0.3, -0.25) is 14.7 Å². The number of H-pyrrole nitrogens is 1. The van der Waals surface area contributed by atoms with Gasteiger partial charge in [0.05, 0.1) is 5.75 Å². The Bertz CT molecular complexity index is 810. The van der Waals surface area contributed by atoms with Crippen LogP contribution in [0.1, 0.15) is 53.3 Å². The molecule has 0 bridgehead atoms. The highest BCUT2D eigenvalue weighted by Crippen LogP contribution is 2.38. The molecule has 7 nitrogen and oxygen atoms in total. The van der Waals surface area contributed by atoms with E-state index in [1.807, 2.05) is 29.2 Å². The van der Waals surface area contributed by atoms with Crippen molar-refractivity contribution < 1.29 is 9.59 Å². The van der Waals surface area contributed by atoms with Gasteiger partial charge in [-0.05, 0) is 43.4 Å². The van der Waals surface area contributed by atoms with Crippen molar-refractivity contribution in [1.29, 1.82) is 0 Å². The summed E-state index contributed by atoms with van der Waals surface area (Å²) in [4.78, 5) is 30.7. The van der Waals surface area contributed by atoms with Crippen molar-refractivity contribution in [2.45, 2.75) is 43.3 Å². The number of hydrogen-bond acceptors (Lipinski definition) is 5. The molecule has 2 N–H and O–H groups in total. The van der Waals surface area contributed by atoms with E-state index in [2.05, 4.69) is 20.5 Å².